The molecule has 0 aromatic carbocycles. The van der Waals surface area contributed by atoms with E-state index in [9.17, 15) is 4.79 Å². The van der Waals surface area contributed by atoms with Gasteiger partial charge in [-0.05, 0) is 31.9 Å². The minimum absolute atomic E-state index is 0.0221. The van der Waals surface area contributed by atoms with Crippen molar-refractivity contribution in [2.45, 2.75) is 25.9 Å². The molecule has 7 nitrogen and oxygen atoms in total. The lowest BCUT2D eigenvalue weighted by molar-refractivity contribution is -0.0247. The SMILES string of the molecule is Cc1cc(CCC2CN(C(=O)c3ccnnc3)CCO2)ncn1. The van der Waals surface area contributed by atoms with Gasteiger partial charge in [0.15, 0.2) is 0 Å². The van der Waals surface area contributed by atoms with Gasteiger partial charge in [0, 0.05) is 24.5 Å². The number of aryl methyl sites for hydroxylation is 2. The highest BCUT2D eigenvalue weighted by molar-refractivity contribution is 5.93. The second-order valence-electron chi connectivity index (χ2n) is 5.56. The van der Waals surface area contributed by atoms with E-state index in [1.807, 2.05) is 17.9 Å². The molecule has 2 aromatic rings. The van der Waals surface area contributed by atoms with Crippen LogP contribution in [0.3, 0.4) is 0 Å². The molecule has 23 heavy (non-hydrogen) atoms. The number of ether oxygens (including phenoxy) is 1. The summed E-state index contributed by atoms with van der Waals surface area (Å²) in [6.45, 7) is 3.69. The normalized spacial score (nSPS) is 18.0. The van der Waals surface area contributed by atoms with Crippen molar-refractivity contribution in [2.24, 2.45) is 0 Å². The topological polar surface area (TPSA) is 81.1 Å². The van der Waals surface area contributed by atoms with Gasteiger partial charge in [-0.15, -0.1) is 0 Å². The Balaban J connectivity index is 1.57. The Kier molecular flexibility index (Phi) is 4.87. The second kappa shape index (κ2) is 7.23. The molecule has 120 valence electrons. The Labute approximate surface area is 134 Å². The summed E-state index contributed by atoms with van der Waals surface area (Å²) in [6, 6.07) is 3.66. The number of carbonyl (C=O) groups is 1. The van der Waals surface area contributed by atoms with Crippen molar-refractivity contribution in [1.29, 1.82) is 0 Å². The van der Waals surface area contributed by atoms with Gasteiger partial charge >= 0.3 is 0 Å². The molecule has 1 fully saturated rings. The minimum atomic E-state index is -0.0221. The van der Waals surface area contributed by atoms with E-state index in [-0.39, 0.29) is 12.0 Å². The quantitative estimate of drug-likeness (QED) is 0.839. The highest BCUT2D eigenvalue weighted by Crippen LogP contribution is 2.14. The van der Waals surface area contributed by atoms with Crippen LogP contribution in [-0.2, 0) is 11.2 Å². The lowest BCUT2D eigenvalue weighted by Crippen LogP contribution is -2.45. The Bertz CT molecular complexity index is 665. The molecule has 1 saturated heterocycles. The van der Waals surface area contributed by atoms with Gasteiger partial charge < -0.3 is 9.64 Å². The van der Waals surface area contributed by atoms with Crippen LogP contribution in [0.2, 0.25) is 0 Å². The van der Waals surface area contributed by atoms with E-state index in [4.69, 9.17) is 4.74 Å². The summed E-state index contributed by atoms with van der Waals surface area (Å²) < 4.78 is 5.78. The van der Waals surface area contributed by atoms with Crippen molar-refractivity contribution in [2.75, 3.05) is 19.7 Å². The van der Waals surface area contributed by atoms with Crippen molar-refractivity contribution in [3.8, 4) is 0 Å². The molecule has 3 heterocycles. The van der Waals surface area contributed by atoms with Crippen LogP contribution < -0.4 is 0 Å². The van der Waals surface area contributed by atoms with Crippen LogP contribution in [0.15, 0.2) is 30.9 Å². The van der Waals surface area contributed by atoms with Gasteiger partial charge in [0.1, 0.15) is 6.33 Å². The Morgan fingerprint density at radius 1 is 1.39 bits per heavy atom. The number of amides is 1. The first-order valence-electron chi connectivity index (χ1n) is 7.67. The van der Waals surface area contributed by atoms with Gasteiger partial charge in [0.2, 0.25) is 0 Å². The molecule has 1 aliphatic rings. The van der Waals surface area contributed by atoms with Gasteiger partial charge in [-0.3, -0.25) is 4.79 Å². The van der Waals surface area contributed by atoms with Gasteiger partial charge in [-0.2, -0.15) is 10.2 Å². The zero-order valence-electron chi connectivity index (χ0n) is 13.1. The highest BCUT2D eigenvalue weighted by Gasteiger charge is 2.25. The lowest BCUT2D eigenvalue weighted by atomic mass is 10.1. The van der Waals surface area contributed by atoms with Crippen LogP contribution in [-0.4, -0.2) is 56.8 Å². The van der Waals surface area contributed by atoms with Crippen molar-refractivity contribution in [3.05, 3.63) is 47.8 Å². The molecule has 0 spiro atoms. The number of hydrogen-bond acceptors (Lipinski definition) is 6. The number of hydrogen-bond donors (Lipinski definition) is 0. The molecule has 0 aliphatic carbocycles. The third-order valence-corrected chi connectivity index (χ3v) is 3.84. The molecule has 0 bridgehead atoms. The maximum absolute atomic E-state index is 12.4. The number of nitrogens with zero attached hydrogens (tertiary/aromatic N) is 5. The summed E-state index contributed by atoms with van der Waals surface area (Å²) in [4.78, 5) is 22.6. The molecule has 0 radical (unpaired) electrons. The molecule has 2 aromatic heterocycles. The molecule has 1 atom stereocenters. The number of carbonyl (C=O) groups excluding carboxylic acids is 1. The molecular weight excluding hydrogens is 294 g/mol. The fourth-order valence-electron chi connectivity index (χ4n) is 2.63. The van der Waals surface area contributed by atoms with E-state index in [0.717, 1.165) is 24.2 Å². The first-order valence-corrected chi connectivity index (χ1v) is 7.67. The van der Waals surface area contributed by atoms with Crippen LogP contribution >= 0.6 is 0 Å². The van der Waals surface area contributed by atoms with Crippen LogP contribution in [0.1, 0.15) is 28.2 Å². The van der Waals surface area contributed by atoms with E-state index in [0.29, 0.717) is 25.3 Å². The van der Waals surface area contributed by atoms with Crippen LogP contribution in [0, 0.1) is 6.92 Å². The van der Waals surface area contributed by atoms with Gasteiger partial charge in [0.25, 0.3) is 5.91 Å². The summed E-state index contributed by atoms with van der Waals surface area (Å²) in [5.41, 5.74) is 2.52. The molecule has 1 aliphatic heterocycles. The van der Waals surface area contributed by atoms with Crippen molar-refractivity contribution >= 4 is 5.91 Å². The summed E-state index contributed by atoms with van der Waals surface area (Å²) in [5, 5.41) is 7.46. The maximum atomic E-state index is 12.4. The van der Waals surface area contributed by atoms with E-state index < -0.39 is 0 Å². The average molecular weight is 313 g/mol. The van der Waals surface area contributed by atoms with Crippen molar-refractivity contribution in [3.63, 3.8) is 0 Å². The van der Waals surface area contributed by atoms with Crippen molar-refractivity contribution < 1.29 is 9.53 Å². The van der Waals surface area contributed by atoms with Gasteiger partial charge in [-0.1, -0.05) is 0 Å². The smallest absolute Gasteiger partial charge is 0.255 e. The van der Waals surface area contributed by atoms with E-state index in [1.54, 1.807) is 12.4 Å². The first kappa shape index (κ1) is 15.5. The van der Waals surface area contributed by atoms with Crippen LogP contribution in [0.5, 0.6) is 0 Å². The summed E-state index contributed by atoms with van der Waals surface area (Å²) in [7, 11) is 0. The fourth-order valence-corrected chi connectivity index (χ4v) is 2.63. The zero-order chi connectivity index (χ0) is 16.1. The monoisotopic (exact) mass is 313 g/mol. The van der Waals surface area contributed by atoms with Crippen LogP contribution in [0.25, 0.3) is 0 Å². The summed E-state index contributed by atoms with van der Waals surface area (Å²) in [5.74, 6) is -0.0221. The van der Waals surface area contributed by atoms with Crippen LogP contribution in [0.4, 0.5) is 0 Å². The number of morpholine rings is 1. The molecular formula is C16H19N5O2. The minimum Gasteiger partial charge on any atom is -0.375 e. The Morgan fingerprint density at radius 3 is 3.09 bits per heavy atom. The second-order valence-corrected chi connectivity index (χ2v) is 5.56. The van der Waals surface area contributed by atoms with Crippen molar-refractivity contribution in [1.82, 2.24) is 25.1 Å². The maximum Gasteiger partial charge on any atom is 0.255 e. The predicted octanol–water partition coefficient (Wildman–Crippen LogP) is 1.05. The average Bonchev–Trinajstić information content (AvgIpc) is 2.60. The first-order chi connectivity index (χ1) is 11.2. The van der Waals surface area contributed by atoms with Gasteiger partial charge in [0.05, 0.1) is 30.7 Å². The van der Waals surface area contributed by atoms with E-state index in [2.05, 4.69) is 20.2 Å². The number of rotatable bonds is 4. The summed E-state index contributed by atoms with van der Waals surface area (Å²) >= 11 is 0. The zero-order valence-corrected chi connectivity index (χ0v) is 13.1. The third-order valence-electron chi connectivity index (χ3n) is 3.84. The highest BCUT2D eigenvalue weighted by atomic mass is 16.5. The Morgan fingerprint density at radius 2 is 2.30 bits per heavy atom. The Hall–Kier alpha value is -2.41. The number of aromatic nitrogens is 4. The van der Waals surface area contributed by atoms with Gasteiger partial charge in [-0.25, -0.2) is 9.97 Å². The molecule has 7 heteroatoms. The van der Waals surface area contributed by atoms with E-state index >= 15 is 0 Å². The lowest BCUT2D eigenvalue weighted by Gasteiger charge is -2.33. The standard InChI is InChI=1S/C16H19N5O2/c1-12-8-14(18-11-17-12)2-3-15-10-21(6-7-23-15)16(22)13-4-5-19-20-9-13/h4-5,8-9,11,15H,2-3,6-7,10H2,1H3. The molecule has 0 saturated carbocycles. The molecule has 1 unspecified atom stereocenters. The van der Waals surface area contributed by atoms with E-state index in [1.165, 1.54) is 12.4 Å². The predicted molar refractivity (Wildman–Crippen MR) is 82.8 cm³/mol. The fraction of sp³-hybridized carbons (Fsp3) is 0.438. The molecule has 0 N–H and O–H groups in total. The largest absolute Gasteiger partial charge is 0.375 e. The summed E-state index contributed by atoms with van der Waals surface area (Å²) in [6.07, 6.45) is 6.28. The molecule has 3 rings (SSSR count). The third kappa shape index (κ3) is 4.07. The molecule has 1 amide bonds.